The van der Waals surface area contributed by atoms with Crippen molar-refractivity contribution in [3.8, 4) is 0 Å². The zero-order valence-corrected chi connectivity index (χ0v) is 9.26. The van der Waals surface area contributed by atoms with Gasteiger partial charge in [0.1, 0.15) is 5.82 Å². The Morgan fingerprint density at radius 3 is 2.61 bits per heavy atom. The van der Waals surface area contributed by atoms with Crippen LogP contribution in [0.25, 0.3) is 0 Å². The maximum absolute atomic E-state index is 13.4. The van der Waals surface area contributed by atoms with E-state index in [2.05, 4.69) is 5.32 Å². The standard InChI is InChI=1S/C12H10FN3O2/c13-11-3-1-2-4-12(11)15-9-5-8(14)6-10(7-9)16(17)18/h1-7,15H,14H2. The van der Waals surface area contributed by atoms with Gasteiger partial charge in [-0.2, -0.15) is 0 Å². The first kappa shape index (κ1) is 11.8. The molecule has 0 fully saturated rings. The third-order valence-corrected chi connectivity index (χ3v) is 2.30. The lowest BCUT2D eigenvalue weighted by molar-refractivity contribution is -0.384. The van der Waals surface area contributed by atoms with Crippen LogP contribution in [0.1, 0.15) is 0 Å². The first-order chi connectivity index (χ1) is 8.56. The van der Waals surface area contributed by atoms with Gasteiger partial charge in [-0.05, 0) is 18.2 Å². The van der Waals surface area contributed by atoms with Crippen molar-refractivity contribution in [3.05, 3.63) is 58.4 Å². The fourth-order valence-corrected chi connectivity index (χ4v) is 1.53. The molecule has 5 nitrogen and oxygen atoms in total. The van der Waals surface area contributed by atoms with E-state index in [4.69, 9.17) is 5.73 Å². The maximum atomic E-state index is 13.4. The lowest BCUT2D eigenvalue weighted by Crippen LogP contribution is -1.97. The molecule has 0 saturated heterocycles. The first-order valence-electron chi connectivity index (χ1n) is 5.13. The number of hydrogen-bond donors (Lipinski definition) is 2. The Morgan fingerprint density at radius 1 is 1.22 bits per heavy atom. The largest absolute Gasteiger partial charge is 0.398 e. The quantitative estimate of drug-likeness (QED) is 0.496. The number of nitrogens with zero attached hydrogens (tertiary/aromatic N) is 1. The number of nitrogen functional groups attached to an aromatic ring is 1. The van der Waals surface area contributed by atoms with Crippen LogP contribution in [0.2, 0.25) is 0 Å². The van der Waals surface area contributed by atoms with Gasteiger partial charge in [-0.3, -0.25) is 10.1 Å². The van der Waals surface area contributed by atoms with Crippen LogP contribution in [0.3, 0.4) is 0 Å². The first-order valence-corrected chi connectivity index (χ1v) is 5.13. The molecule has 0 aliphatic rings. The van der Waals surface area contributed by atoms with Gasteiger partial charge in [0, 0.05) is 23.5 Å². The summed E-state index contributed by atoms with van der Waals surface area (Å²) in [4.78, 5) is 10.1. The van der Waals surface area contributed by atoms with Crippen LogP contribution in [-0.2, 0) is 0 Å². The van der Waals surface area contributed by atoms with Crippen LogP contribution in [0.15, 0.2) is 42.5 Å². The second kappa shape index (κ2) is 4.70. The van der Waals surface area contributed by atoms with Gasteiger partial charge in [0.05, 0.1) is 10.6 Å². The van der Waals surface area contributed by atoms with Crippen LogP contribution < -0.4 is 11.1 Å². The van der Waals surface area contributed by atoms with Crippen molar-refractivity contribution in [2.45, 2.75) is 0 Å². The number of nitrogens with one attached hydrogen (secondary N) is 1. The molecule has 0 heterocycles. The van der Waals surface area contributed by atoms with Crippen molar-refractivity contribution in [1.82, 2.24) is 0 Å². The number of anilines is 3. The smallest absolute Gasteiger partial charge is 0.273 e. The van der Waals surface area contributed by atoms with Crippen LogP contribution in [0.5, 0.6) is 0 Å². The number of non-ortho nitro benzene ring substituents is 1. The van der Waals surface area contributed by atoms with Gasteiger partial charge in [-0.1, -0.05) is 12.1 Å². The monoisotopic (exact) mass is 247 g/mol. The Labute approximate surface area is 102 Å². The molecule has 0 saturated carbocycles. The molecule has 2 aromatic carbocycles. The molecule has 0 spiro atoms. The molecule has 18 heavy (non-hydrogen) atoms. The van der Waals surface area contributed by atoms with Crippen LogP contribution in [0, 0.1) is 15.9 Å². The Morgan fingerprint density at radius 2 is 1.94 bits per heavy atom. The Hall–Kier alpha value is -2.63. The summed E-state index contributed by atoms with van der Waals surface area (Å²) in [6.07, 6.45) is 0. The zero-order valence-electron chi connectivity index (χ0n) is 9.26. The molecule has 0 bridgehead atoms. The molecule has 0 aliphatic carbocycles. The maximum Gasteiger partial charge on any atom is 0.273 e. The van der Waals surface area contributed by atoms with Crippen molar-refractivity contribution in [2.75, 3.05) is 11.1 Å². The normalized spacial score (nSPS) is 10.1. The lowest BCUT2D eigenvalue weighted by Gasteiger charge is -2.08. The molecular formula is C12H10FN3O2. The summed E-state index contributed by atoms with van der Waals surface area (Å²) >= 11 is 0. The van der Waals surface area contributed by atoms with E-state index in [1.165, 1.54) is 30.3 Å². The van der Waals surface area contributed by atoms with E-state index in [1.807, 2.05) is 0 Å². The number of halogens is 1. The predicted octanol–water partition coefficient (Wildman–Crippen LogP) is 3.06. The highest BCUT2D eigenvalue weighted by Crippen LogP contribution is 2.26. The minimum Gasteiger partial charge on any atom is -0.398 e. The summed E-state index contributed by atoms with van der Waals surface area (Å²) in [5.41, 5.74) is 6.25. The third kappa shape index (κ3) is 2.54. The molecule has 6 heteroatoms. The van der Waals surface area contributed by atoms with Crippen molar-refractivity contribution >= 4 is 22.7 Å². The summed E-state index contributed by atoms with van der Waals surface area (Å²) in [5, 5.41) is 13.4. The molecule has 0 atom stereocenters. The minimum absolute atomic E-state index is 0.145. The molecule has 2 aromatic rings. The Bertz CT molecular complexity index is 602. The molecule has 3 N–H and O–H groups in total. The number of hydrogen-bond acceptors (Lipinski definition) is 4. The number of nitro groups is 1. The van der Waals surface area contributed by atoms with Gasteiger partial charge in [0.25, 0.3) is 5.69 Å². The highest BCUT2D eigenvalue weighted by atomic mass is 19.1. The van der Waals surface area contributed by atoms with Crippen molar-refractivity contribution < 1.29 is 9.31 Å². The van der Waals surface area contributed by atoms with Crippen molar-refractivity contribution in [1.29, 1.82) is 0 Å². The SMILES string of the molecule is Nc1cc(Nc2ccccc2F)cc([N+](=O)[O-])c1. The second-order valence-electron chi connectivity index (χ2n) is 3.68. The van der Waals surface area contributed by atoms with E-state index < -0.39 is 10.7 Å². The molecule has 92 valence electrons. The molecule has 0 amide bonds. The van der Waals surface area contributed by atoms with Crippen LogP contribution in [-0.4, -0.2) is 4.92 Å². The van der Waals surface area contributed by atoms with E-state index in [9.17, 15) is 14.5 Å². The van der Waals surface area contributed by atoms with Gasteiger partial charge in [-0.25, -0.2) is 4.39 Å². The van der Waals surface area contributed by atoms with E-state index in [0.29, 0.717) is 5.69 Å². The number of nitro benzene ring substituents is 1. The van der Waals surface area contributed by atoms with Gasteiger partial charge < -0.3 is 11.1 Å². The van der Waals surface area contributed by atoms with E-state index in [-0.39, 0.29) is 17.1 Å². The number of para-hydroxylation sites is 1. The average molecular weight is 247 g/mol. The fraction of sp³-hybridized carbons (Fsp3) is 0. The molecular weight excluding hydrogens is 237 g/mol. The van der Waals surface area contributed by atoms with Gasteiger partial charge in [0.15, 0.2) is 0 Å². The minimum atomic E-state index is -0.553. The van der Waals surface area contributed by atoms with Crippen molar-refractivity contribution in [3.63, 3.8) is 0 Å². The predicted molar refractivity (Wildman–Crippen MR) is 67.2 cm³/mol. The van der Waals surface area contributed by atoms with Gasteiger partial charge in [0.2, 0.25) is 0 Å². The number of nitrogens with two attached hydrogens (primary N) is 1. The van der Waals surface area contributed by atoms with Gasteiger partial charge >= 0.3 is 0 Å². The van der Waals surface area contributed by atoms with Crippen molar-refractivity contribution in [2.24, 2.45) is 0 Å². The molecule has 0 unspecified atom stereocenters. The summed E-state index contributed by atoms with van der Waals surface area (Å²) < 4.78 is 13.4. The second-order valence-corrected chi connectivity index (χ2v) is 3.68. The summed E-state index contributed by atoms with van der Waals surface area (Å²) in [7, 11) is 0. The molecule has 0 aliphatic heterocycles. The summed E-state index contributed by atoms with van der Waals surface area (Å²) in [5.74, 6) is -0.442. The zero-order chi connectivity index (χ0) is 13.1. The van der Waals surface area contributed by atoms with E-state index >= 15 is 0 Å². The Balaban J connectivity index is 2.35. The molecule has 0 radical (unpaired) electrons. The van der Waals surface area contributed by atoms with Crippen LogP contribution >= 0.6 is 0 Å². The van der Waals surface area contributed by atoms with E-state index in [1.54, 1.807) is 12.1 Å². The lowest BCUT2D eigenvalue weighted by atomic mass is 10.2. The summed E-state index contributed by atoms with van der Waals surface area (Å²) in [6.45, 7) is 0. The fourth-order valence-electron chi connectivity index (χ4n) is 1.53. The summed E-state index contributed by atoms with van der Waals surface area (Å²) in [6, 6.07) is 10.1. The highest BCUT2D eigenvalue weighted by molar-refractivity contribution is 5.67. The number of benzene rings is 2. The average Bonchev–Trinajstić information content (AvgIpc) is 2.31. The molecule has 2 rings (SSSR count). The number of rotatable bonds is 3. The Kier molecular flexibility index (Phi) is 3.09. The third-order valence-electron chi connectivity index (χ3n) is 2.30. The van der Waals surface area contributed by atoms with Gasteiger partial charge in [-0.15, -0.1) is 0 Å². The van der Waals surface area contributed by atoms with Crippen LogP contribution in [0.4, 0.5) is 27.1 Å². The van der Waals surface area contributed by atoms with E-state index in [0.717, 1.165) is 0 Å². The molecule has 0 aromatic heterocycles. The topological polar surface area (TPSA) is 81.2 Å². The highest BCUT2D eigenvalue weighted by Gasteiger charge is 2.09.